The van der Waals surface area contributed by atoms with Gasteiger partial charge in [-0.1, -0.05) is 23.5 Å². The van der Waals surface area contributed by atoms with Crippen LogP contribution >= 0.6 is 11.3 Å². The van der Waals surface area contributed by atoms with E-state index < -0.39 is 0 Å². The van der Waals surface area contributed by atoms with E-state index in [0.717, 1.165) is 16.9 Å². The number of hydrogen-bond acceptors (Lipinski definition) is 4. The Morgan fingerprint density at radius 1 is 1.50 bits per heavy atom. The van der Waals surface area contributed by atoms with Crippen molar-refractivity contribution in [3.8, 4) is 11.3 Å². The number of likely N-dealkylation sites (N-methyl/N-ethyl adjacent to an activating group) is 1. The fourth-order valence-electron chi connectivity index (χ4n) is 1.63. The summed E-state index contributed by atoms with van der Waals surface area (Å²) in [6.07, 6.45) is 0. The van der Waals surface area contributed by atoms with Gasteiger partial charge in [0.05, 0.1) is 5.69 Å². The molecule has 0 unspecified atom stereocenters. The molecule has 0 aliphatic heterocycles. The van der Waals surface area contributed by atoms with E-state index in [2.05, 4.69) is 5.32 Å². The first-order valence-electron chi connectivity index (χ1n) is 5.36. The molecule has 5 nitrogen and oxygen atoms in total. The molecule has 0 spiro atoms. The molecule has 2 rings (SSSR count). The molecule has 94 valence electrons. The molecule has 0 saturated heterocycles. The molecule has 1 aromatic heterocycles. The first-order valence-corrected chi connectivity index (χ1v) is 6.24. The zero-order valence-electron chi connectivity index (χ0n) is 9.84. The molecule has 6 heteroatoms. The van der Waals surface area contributed by atoms with E-state index in [1.807, 2.05) is 12.1 Å². The molecule has 0 saturated carbocycles. The highest BCUT2D eigenvalue weighted by atomic mass is 32.1. The lowest BCUT2D eigenvalue weighted by atomic mass is 10.1. The van der Waals surface area contributed by atoms with Crippen LogP contribution in [0.25, 0.3) is 11.3 Å². The molecule has 18 heavy (non-hydrogen) atoms. The van der Waals surface area contributed by atoms with Gasteiger partial charge in [-0.2, -0.15) is 0 Å². The lowest BCUT2D eigenvalue weighted by molar-refractivity contribution is -0.121. The van der Waals surface area contributed by atoms with Crippen LogP contribution in [-0.4, -0.2) is 17.5 Å². The molecule has 2 aromatic rings. The fourth-order valence-corrected chi connectivity index (χ4v) is 2.39. The quantitative estimate of drug-likeness (QED) is 0.808. The summed E-state index contributed by atoms with van der Waals surface area (Å²) in [4.78, 5) is 23.0. The van der Waals surface area contributed by atoms with Gasteiger partial charge in [-0.05, 0) is 12.1 Å². The highest BCUT2D eigenvalue weighted by molar-refractivity contribution is 7.07. The summed E-state index contributed by atoms with van der Waals surface area (Å²) in [6, 6.07) is 7.23. The average Bonchev–Trinajstić information content (AvgIpc) is 2.71. The minimum Gasteiger partial charge on any atom is -0.399 e. The van der Waals surface area contributed by atoms with Crippen molar-refractivity contribution in [1.82, 2.24) is 9.88 Å². The average molecular weight is 263 g/mol. The van der Waals surface area contributed by atoms with Crippen molar-refractivity contribution in [1.29, 1.82) is 0 Å². The Labute approximate surface area is 108 Å². The third kappa shape index (κ3) is 2.43. The van der Waals surface area contributed by atoms with Gasteiger partial charge in [-0.15, -0.1) is 0 Å². The molecular weight excluding hydrogens is 250 g/mol. The van der Waals surface area contributed by atoms with Crippen LogP contribution < -0.4 is 15.9 Å². The van der Waals surface area contributed by atoms with Gasteiger partial charge < -0.3 is 11.1 Å². The van der Waals surface area contributed by atoms with Crippen molar-refractivity contribution in [2.75, 3.05) is 12.8 Å². The van der Waals surface area contributed by atoms with E-state index in [1.54, 1.807) is 24.6 Å². The predicted octanol–water partition coefficient (Wildman–Crippen LogP) is 0.905. The van der Waals surface area contributed by atoms with E-state index in [4.69, 9.17) is 5.73 Å². The highest BCUT2D eigenvalue weighted by Gasteiger charge is 2.11. The van der Waals surface area contributed by atoms with Gasteiger partial charge in [0.25, 0.3) is 0 Å². The number of nitrogen functional groups attached to an aromatic ring is 1. The number of thiazole rings is 1. The second-order valence-corrected chi connectivity index (χ2v) is 4.59. The Kier molecular flexibility index (Phi) is 3.47. The highest BCUT2D eigenvalue weighted by Crippen LogP contribution is 2.21. The standard InChI is InChI=1S/C12H13N3O2S/c1-14-11(16)6-15-10(7-18-12(15)17)8-3-2-4-9(13)5-8/h2-5,7H,6,13H2,1H3,(H,14,16). The van der Waals surface area contributed by atoms with Crippen LogP contribution in [0.3, 0.4) is 0 Å². The number of benzene rings is 1. The molecule has 0 aliphatic rings. The van der Waals surface area contributed by atoms with Gasteiger partial charge in [-0.25, -0.2) is 0 Å². The summed E-state index contributed by atoms with van der Waals surface area (Å²) in [6.45, 7) is 0.0168. The van der Waals surface area contributed by atoms with E-state index >= 15 is 0 Å². The van der Waals surface area contributed by atoms with Crippen molar-refractivity contribution in [2.24, 2.45) is 0 Å². The number of anilines is 1. The minimum absolute atomic E-state index is 0.0168. The zero-order chi connectivity index (χ0) is 13.1. The Bertz CT molecular complexity index is 630. The van der Waals surface area contributed by atoms with Crippen molar-refractivity contribution < 1.29 is 4.79 Å². The fraction of sp³-hybridized carbons (Fsp3) is 0.167. The first-order chi connectivity index (χ1) is 8.61. The lowest BCUT2D eigenvalue weighted by Gasteiger charge is -2.07. The van der Waals surface area contributed by atoms with Crippen LogP contribution in [0.15, 0.2) is 34.4 Å². The van der Waals surface area contributed by atoms with Gasteiger partial charge in [0.1, 0.15) is 6.54 Å². The Hall–Kier alpha value is -2.08. The third-order valence-electron chi connectivity index (χ3n) is 2.55. The molecule has 1 heterocycles. The van der Waals surface area contributed by atoms with Gasteiger partial charge in [-0.3, -0.25) is 14.2 Å². The van der Waals surface area contributed by atoms with Gasteiger partial charge in [0.2, 0.25) is 5.91 Å². The van der Waals surface area contributed by atoms with Crippen molar-refractivity contribution in [3.05, 3.63) is 39.3 Å². The lowest BCUT2D eigenvalue weighted by Crippen LogP contribution is -2.28. The smallest absolute Gasteiger partial charge is 0.308 e. The molecule has 0 radical (unpaired) electrons. The maximum absolute atomic E-state index is 11.7. The molecule has 0 bridgehead atoms. The molecule has 1 aromatic carbocycles. The van der Waals surface area contributed by atoms with E-state index in [-0.39, 0.29) is 17.3 Å². The number of nitrogens with two attached hydrogens (primary N) is 1. The number of hydrogen-bond donors (Lipinski definition) is 2. The van der Waals surface area contributed by atoms with E-state index in [9.17, 15) is 9.59 Å². The topological polar surface area (TPSA) is 77.1 Å². The van der Waals surface area contributed by atoms with Gasteiger partial charge >= 0.3 is 4.87 Å². The van der Waals surface area contributed by atoms with E-state index in [0.29, 0.717) is 11.4 Å². The second-order valence-electron chi connectivity index (χ2n) is 3.77. The normalized spacial score (nSPS) is 10.3. The largest absolute Gasteiger partial charge is 0.399 e. The number of carbonyl (C=O) groups is 1. The van der Waals surface area contributed by atoms with E-state index in [1.165, 1.54) is 4.57 Å². The van der Waals surface area contributed by atoms with Crippen molar-refractivity contribution in [3.63, 3.8) is 0 Å². The molecule has 0 atom stereocenters. The number of nitrogens with one attached hydrogen (secondary N) is 1. The Morgan fingerprint density at radius 3 is 2.94 bits per heavy atom. The van der Waals surface area contributed by atoms with Crippen LogP contribution in [0, 0.1) is 0 Å². The maximum atomic E-state index is 11.7. The zero-order valence-corrected chi connectivity index (χ0v) is 10.7. The molecular formula is C12H13N3O2S. The third-order valence-corrected chi connectivity index (χ3v) is 3.31. The van der Waals surface area contributed by atoms with Gasteiger partial charge in [0.15, 0.2) is 0 Å². The summed E-state index contributed by atoms with van der Waals surface area (Å²) in [7, 11) is 1.54. The molecule has 1 amide bonds. The predicted molar refractivity (Wildman–Crippen MR) is 72.5 cm³/mol. The number of aromatic nitrogens is 1. The second kappa shape index (κ2) is 5.05. The van der Waals surface area contributed by atoms with Crippen molar-refractivity contribution >= 4 is 22.9 Å². The van der Waals surface area contributed by atoms with Crippen LogP contribution in [0.2, 0.25) is 0 Å². The van der Waals surface area contributed by atoms with Gasteiger partial charge in [0, 0.05) is 23.7 Å². The molecule has 0 aliphatic carbocycles. The van der Waals surface area contributed by atoms with Crippen molar-refractivity contribution in [2.45, 2.75) is 6.54 Å². The summed E-state index contributed by atoms with van der Waals surface area (Å²) < 4.78 is 1.44. The SMILES string of the molecule is CNC(=O)Cn1c(-c2cccc(N)c2)csc1=O. The Morgan fingerprint density at radius 2 is 2.28 bits per heavy atom. The number of amides is 1. The first kappa shape index (κ1) is 12.4. The summed E-state index contributed by atoms with van der Waals surface area (Å²) in [5, 5.41) is 4.24. The number of rotatable bonds is 3. The van der Waals surface area contributed by atoms with Crippen LogP contribution in [0.4, 0.5) is 5.69 Å². The summed E-state index contributed by atoms with van der Waals surface area (Å²) >= 11 is 1.07. The molecule has 3 N–H and O–H groups in total. The molecule has 0 fully saturated rings. The van der Waals surface area contributed by atoms with Crippen LogP contribution in [0.5, 0.6) is 0 Å². The minimum atomic E-state index is -0.208. The number of nitrogens with zero attached hydrogens (tertiary/aromatic N) is 1. The van der Waals surface area contributed by atoms with Crippen LogP contribution in [-0.2, 0) is 11.3 Å². The number of carbonyl (C=O) groups excluding carboxylic acids is 1. The monoisotopic (exact) mass is 263 g/mol. The summed E-state index contributed by atoms with van der Waals surface area (Å²) in [5.41, 5.74) is 7.88. The Balaban J connectivity index is 2.46. The summed E-state index contributed by atoms with van der Waals surface area (Å²) in [5.74, 6) is -0.208. The maximum Gasteiger partial charge on any atom is 0.308 e. The van der Waals surface area contributed by atoms with Crippen LogP contribution in [0.1, 0.15) is 0 Å².